The first-order valence-electron chi connectivity index (χ1n) is 8.20. The molecule has 0 aliphatic carbocycles. The molecule has 0 atom stereocenters. The molecule has 0 spiro atoms. The zero-order valence-corrected chi connectivity index (χ0v) is 15.2. The lowest BCUT2D eigenvalue weighted by Gasteiger charge is -2.13. The van der Waals surface area contributed by atoms with Crippen LogP contribution in [0.3, 0.4) is 0 Å². The van der Waals surface area contributed by atoms with Crippen LogP contribution >= 0.6 is 11.3 Å². The fourth-order valence-corrected chi connectivity index (χ4v) is 3.72. The van der Waals surface area contributed by atoms with E-state index < -0.39 is 0 Å². The normalized spacial score (nSPS) is 10.8. The maximum atomic E-state index is 12.6. The number of carbonyl (C=O) groups is 1. The van der Waals surface area contributed by atoms with Crippen molar-refractivity contribution in [2.45, 2.75) is 33.7 Å². The first-order valence-corrected chi connectivity index (χ1v) is 9.02. The summed E-state index contributed by atoms with van der Waals surface area (Å²) in [5, 5.41) is 0.558. The molecule has 2 aromatic heterocycles. The topological polar surface area (TPSA) is 76.0 Å². The summed E-state index contributed by atoms with van der Waals surface area (Å²) in [6, 6.07) is 9.07. The lowest BCUT2D eigenvalue weighted by molar-refractivity contribution is 0.0966. The molecule has 3 aromatic rings. The van der Waals surface area contributed by atoms with Crippen LogP contribution in [0.5, 0.6) is 0 Å². The van der Waals surface area contributed by atoms with E-state index >= 15 is 0 Å². The second-order valence-electron chi connectivity index (χ2n) is 5.63. The second-order valence-corrected chi connectivity index (χ2v) is 6.88. The number of nitrogens with zero attached hydrogens (tertiary/aromatic N) is 2. The maximum Gasteiger partial charge on any atom is 0.279 e. The van der Waals surface area contributed by atoms with E-state index in [1.54, 1.807) is 12.1 Å². The van der Waals surface area contributed by atoms with Crippen molar-refractivity contribution in [3.8, 4) is 0 Å². The number of amides is 1. The summed E-state index contributed by atoms with van der Waals surface area (Å²) in [7, 11) is 0. The minimum atomic E-state index is -0.238. The Morgan fingerprint density at radius 3 is 2.72 bits per heavy atom. The molecule has 2 heterocycles. The zero-order chi connectivity index (χ0) is 18.0. The number of hydrazine groups is 1. The summed E-state index contributed by atoms with van der Waals surface area (Å²) < 4.78 is 1.50. The van der Waals surface area contributed by atoms with Gasteiger partial charge in [0.15, 0.2) is 0 Å². The quantitative estimate of drug-likeness (QED) is 0.689. The number of aryl methyl sites for hydroxylation is 2. The summed E-state index contributed by atoms with van der Waals surface area (Å²) in [5.74, 6) is 0.0846. The number of hydrogen-bond acceptors (Lipinski definition) is 5. The van der Waals surface area contributed by atoms with Gasteiger partial charge in [-0.15, -0.1) is 11.3 Å². The molecule has 0 unspecified atom stereocenters. The van der Waals surface area contributed by atoms with Crippen molar-refractivity contribution in [1.82, 2.24) is 15.0 Å². The van der Waals surface area contributed by atoms with Crippen LogP contribution in [0.1, 0.15) is 34.0 Å². The molecule has 0 aliphatic heterocycles. The van der Waals surface area contributed by atoms with Crippen LogP contribution in [0.25, 0.3) is 10.9 Å². The Morgan fingerprint density at radius 2 is 2.04 bits per heavy atom. The molecular weight excluding hydrogens is 336 g/mol. The van der Waals surface area contributed by atoms with Crippen molar-refractivity contribution in [3.63, 3.8) is 0 Å². The molecule has 0 radical (unpaired) electrons. The number of anilines is 1. The zero-order valence-electron chi connectivity index (χ0n) is 14.4. The minimum absolute atomic E-state index is 0.134. The van der Waals surface area contributed by atoms with Crippen LogP contribution in [-0.2, 0) is 13.0 Å². The molecule has 0 bridgehead atoms. The Hall–Kier alpha value is -2.67. The van der Waals surface area contributed by atoms with E-state index in [2.05, 4.69) is 22.8 Å². The number of benzene rings is 1. The maximum absolute atomic E-state index is 12.6. The number of rotatable bonds is 5. The van der Waals surface area contributed by atoms with Gasteiger partial charge in [0.25, 0.3) is 11.5 Å². The first kappa shape index (κ1) is 17.2. The van der Waals surface area contributed by atoms with Crippen LogP contribution in [-0.4, -0.2) is 15.5 Å². The number of carbonyl (C=O) groups excluding carboxylic acids is 1. The number of thiophene rings is 1. The molecule has 0 saturated carbocycles. The Kier molecular flexibility index (Phi) is 4.85. The lowest BCUT2D eigenvalue weighted by Crippen LogP contribution is -2.34. The second kappa shape index (κ2) is 7.06. The third kappa shape index (κ3) is 3.28. The fraction of sp³-hybridized carbons (Fsp3) is 0.278. The highest BCUT2D eigenvalue weighted by atomic mass is 32.1. The Balaban J connectivity index is 1.87. The SMILES string of the molecule is CCc1cc(C(=O)NNc2nc3ccccc3c(=O)n2CC)sc1C. The van der Waals surface area contributed by atoms with Gasteiger partial charge in [0.05, 0.1) is 15.8 Å². The molecule has 25 heavy (non-hydrogen) atoms. The van der Waals surface area contributed by atoms with Gasteiger partial charge in [0.2, 0.25) is 5.95 Å². The standard InChI is InChI=1S/C18H20N4O2S/c1-4-12-10-15(25-11(12)3)16(23)20-21-18-19-14-9-7-6-8-13(14)17(24)22(18)5-2/h6-10H,4-5H2,1-3H3,(H,19,21)(H,20,23). The number of hydrogen-bond donors (Lipinski definition) is 2. The number of aromatic nitrogens is 2. The minimum Gasteiger partial charge on any atom is -0.277 e. The molecule has 0 fully saturated rings. The van der Waals surface area contributed by atoms with E-state index in [0.717, 1.165) is 11.3 Å². The highest BCUT2D eigenvalue weighted by Gasteiger charge is 2.13. The molecule has 1 amide bonds. The van der Waals surface area contributed by atoms with Crippen LogP contribution in [0, 0.1) is 6.92 Å². The van der Waals surface area contributed by atoms with Gasteiger partial charge < -0.3 is 0 Å². The largest absolute Gasteiger partial charge is 0.279 e. The monoisotopic (exact) mass is 356 g/mol. The molecule has 0 saturated heterocycles. The van der Waals surface area contributed by atoms with E-state index in [4.69, 9.17) is 0 Å². The summed E-state index contributed by atoms with van der Waals surface area (Å²) >= 11 is 1.46. The van der Waals surface area contributed by atoms with Crippen molar-refractivity contribution in [2.24, 2.45) is 0 Å². The van der Waals surface area contributed by atoms with Crippen molar-refractivity contribution < 1.29 is 4.79 Å². The van der Waals surface area contributed by atoms with E-state index in [1.807, 2.05) is 32.0 Å². The molecule has 130 valence electrons. The summed E-state index contributed by atoms with van der Waals surface area (Å²) in [4.78, 5) is 31.1. The molecule has 7 heteroatoms. The Labute approximate surface area is 149 Å². The van der Waals surface area contributed by atoms with E-state index in [0.29, 0.717) is 28.3 Å². The Morgan fingerprint density at radius 1 is 1.28 bits per heavy atom. The van der Waals surface area contributed by atoms with E-state index in [1.165, 1.54) is 21.5 Å². The van der Waals surface area contributed by atoms with Gasteiger partial charge in [-0.2, -0.15) is 0 Å². The molecule has 0 aliphatic rings. The summed E-state index contributed by atoms with van der Waals surface area (Å²) in [6.45, 7) is 6.38. The predicted octanol–water partition coefficient (Wildman–Crippen LogP) is 3.11. The Bertz CT molecular complexity index is 990. The molecular formula is C18H20N4O2S. The number of para-hydroxylation sites is 1. The summed E-state index contributed by atoms with van der Waals surface area (Å²) in [5.41, 5.74) is 7.08. The van der Waals surface area contributed by atoms with Gasteiger partial charge in [-0.3, -0.25) is 25.0 Å². The van der Waals surface area contributed by atoms with E-state index in [9.17, 15) is 9.59 Å². The van der Waals surface area contributed by atoms with Gasteiger partial charge in [0, 0.05) is 11.4 Å². The van der Waals surface area contributed by atoms with Gasteiger partial charge >= 0.3 is 0 Å². The van der Waals surface area contributed by atoms with Crippen LogP contribution < -0.4 is 16.4 Å². The third-order valence-electron chi connectivity index (χ3n) is 4.09. The van der Waals surface area contributed by atoms with Crippen molar-refractivity contribution in [1.29, 1.82) is 0 Å². The smallest absolute Gasteiger partial charge is 0.277 e. The highest BCUT2D eigenvalue weighted by molar-refractivity contribution is 7.14. The van der Waals surface area contributed by atoms with Crippen LogP contribution in [0.4, 0.5) is 5.95 Å². The lowest BCUT2D eigenvalue weighted by atomic mass is 10.2. The van der Waals surface area contributed by atoms with Crippen LogP contribution in [0.15, 0.2) is 35.1 Å². The molecule has 1 aromatic carbocycles. The van der Waals surface area contributed by atoms with Crippen molar-refractivity contribution in [3.05, 3.63) is 56.0 Å². The van der Waals surface area contributed by atoms with Crippen molar-refractivity contribution in [2.75, 3.05) is 5.43 Å². The van der Waals surface area contributed by atoms with Gasteiger partial charge in [-0.25, -0.2) is 4.98 Å². The molecule has 6 nitrogen and oxygen atoms in total. The van der Waals surface area contributed by atoms with E-state index in [-0.39, 0.29) is 11.5 Å². The van der Waals surface area contributed by atoms with Crippen molar-refractivity contribution >= 4 is 34.1 Å². The van der Waals surface area contributed by atoms with Gasteiger partial charge in [-0.1, -0.05) is 19.1 Å². The van der Waals surface area contributed by atoms with Gasteiger partial charge in [0.1, 0.15) is 0 Å². The molecule has 3 rings (SSSR count). The van der Waals surface area contributed by atoms with Crippen LogP contribution in [0.2, 0.25) is 0 Å². The van der Waals surface area contributed by atoms with Gasteiger partial charge in [-0.05, 0) is 44.0 Å². The number of nitrogens with one attached hydrogen (secondary N) is 2. The average Bonchev–Trinajstić information content (AvgIpc) is 3.01. The average molecular weight is 356 g/mol. The predicted molar refractivity (Wildman–Crippen MR) is 101 cm³/mol. The third-order valence-corrected chi connectivity index (χ3v) is 5.18. The first-order chi connectivity index (χ1) is 12.0. The molecule has 2 N–H and O–H groups in total. The fourth-order valence-electron chi connectivity index (χ4n) is 2.71. The number of fused-ring (bicyclic) bond motifs is 1. The highest BCUT2D eigenvalue weighted by Crippen LogP contribution is 2.21. The summed E-state index contributed by atoms with van der Waals surface area (Å²) in [6.07, 6.45) is 0.894.